The van der Waals surface area contributed by atoms with Gasteiger partial charge in [-0.15, -0.1) is 0 Å². The van der Waals surface area contributed by atoms with Gasteiger partial charge in [0.05, 0.1) is 0 Å². The Kier molecular flexibility index (Phi) is 5.63. The van der Waals surface area contributed by atoms with Crippen molar-refractivity contribution in [2.24, 2.45) is 10.7 Å². The molecular formula is C7H13BIN2. The molecular weight excluding hydrogens is 250 g/mol. The molecule has 11 heavy (non-hydrogen) atoms. The van der Waals surface area contributed by atoms with Crippen LogP contribution < -0.4 is 5.73 Å². The molecule has 0 atom stereocenters. The first-order valence-electron chi connectivity index (χ1n) is 3.47. The molecule has 0 saturated carbocycles. The molecule has 0 aromatic carbocycles. The maximum absolute atomic E-state index is 5.64. The van der Waals surface area contributed by atoms with Crippen LogP contribution in [0.25, 0.3) is 0 Å². The van der Waals surface area contributed by atoms with E-state index in [4.69, 9.17) is 5.73 Å². The molecule has 2 N–H and O–H groups in total. The molecule has 0 bridgehead atoms. The van der Waals surface area contributed by atoms with Crippen molar-refractivity contribution in [3.05, 3.63) is 11.4 Å². The van der Waals surface area contributed by atoms with Crippen LogP contribution in [0, 0.1) is 0 Å². The van der Waals surface area contributed by atoms with Crippen molar-refractivity contribution in [3.63, 3.8) is 0 Å². The highest BCUT2D eigenvalue weighted by Crippen LogP contribution is 1.98. The minimum atomic E-state index is 0.634. The Labute approximate surface area is 82.7 Å². The van der Waals surface area contributed by atoms with Gasteiger partial charge in [0.25, 0.3) is 0 Å². The van der Waals surface area contributed by atoms with Crippen LogP contribution in [0.15, 0.2) is 16.4 Å². The molecule has 0 heterocycles. The first-order valence-corrected chi connectivity index (χ1v) is 5.00. The van der Waals surface area contributed by atoms with Gasteiger partial charge in [0.2, 0.25) is 0 Å². The van der Waals surface area contributed by atoms with Gasteiger partial charge in [-0.3, -0.25) is 4.99 Å². The van der Waals surface area contributed by atoms with Crippen LogP contribution in [-0.4, -0.2) is 17.3 Å². The predicted octanol–water partition coefficient (Wildman–Crippen LogP) is 1.78. The normalized spacial score (nSPS) is 11.1. The highest BCUT2D eigenvalue weighted by molar-refractivity contribution is 14.1. The second-order valence-corrected chi connectivity index (χ2v) is 3.17. The van der Waals surface area contributed by atoms with Crippen LogP contribution in [-0.2, 0) is 0 Å². The zero-order chi connectivity index (χ0) is 8.85. The topological polar surface area (TPSA) is 38.4 Å². The third-order valence-electron chi connectivity index (χ3n) is 1.25. The summed E-state index contributed by atoms with van der Waals surface area (Å²) in [6.45, 7) is 5.88. The van der Waals surface area contributed by atoms with Crippen LogP contribution in [0.5, 0.6) is 0 Å². The van der Waals surface area contributed by atoms with Gasteiger partial charge < -0.3 is 5.73 Å². The van der Waals surface area contributed by atoms with Crippen molar-refractivity contribution in [2.45, 2.75) is 20.7 Å². The number of alkyl halides is 1. The highest BCUT2D eigenvalue weighted by Gasteiger charge is 1.95. The average molecular weight is 263 g/mol. The molecule has 0 amide bonds. The van der Waals surface area contributed by atoms with Gasteiger partial charge in [0, 0.05) is 4.43 Å². The van der Waals surface area contributed by atoms with Gasteiger partial charge in [0.1, 0.15) is 5.82 Å². The summed E-state index contributed by atoms with van der Waals surface area (Å²) in [6, 6.07) is 0. The quantitative estimate of drug-likeness (QED) is 0.358. The van der Waals surface area contributed by atoms with E-state index in [0.29, 0.717) is 5.82 Å². The third kappa shape index (κ3) is 4.45. The minimum Gasteiger partial charge on any atom is -0.384 e. The Bertz CT molecular complexity index is 177. The maximum atomic E-state index is 5.64. The molecule has 0 fully saturated rings. The van der Waals surface area contributed by atoms with E-state index in [1.165, 1.54) is 0 Å². The summed E-state index contributed by atoms with van der Waals surface area (Å²) < 4.78 is 0.905. The Hall–Kier alpha value is 0.00494. The Morgan fingerprint density at radius 1 is 1.55 bits per heavy atom. The van der Waals surface area contributed by atoms with Crippen LogP contribution in [0.2, 0.25) is 6.82 Å². The van der Waals surface area contributed by atoms with Crippen molar-refractivity contribution in [1.82, 2.24) is 0 Å². The lowest BCUT2D eigenvalue weighted by molar-refractivity contribution is 1.15. The number of hydrogen-bond acceptors (Lipinski definition) is 2. The summed E-state index contributed by atoms with van der Waals surface area (Å²) in [5, 5.41) is 0. The predicted molar refractivity (Wildman–Crippen MR) is 60.5 cm³/mol. The number of rotatable bonds is 3. The standard InChI is InChI=1S/C7H13BIN2/c1-5(2)7(10)11-6(4-9)8-3/h4,10H2,1-3H3. The number of nitrogens with two attached hydrogens (primary N) is 1. The fourth-order valence-corrected chi connectivity index (χ4v) is 1.05. The second-order valence-electron chi connectivity index (χ2n) is 2.41. The molecule has 4 heteroatoms. The van der Waals surface area contributed by atoms with E-state index in [9.17, 15) is 0 Å². The summed E-state index contributed by atoms with van der Waals surface area (Å²) >= 11 is 2.27. The third-order valence-corrected chi connectivity index (χ3v) is 2.03. The van der Waals surface area contributed by atoms with Gasteiger partial charge in [-0.25, -0.2) is 0 Å². The molecule has 0 aliphatic carbocycles. The van der Waals surface area contributed by atoms with Crippen molar-refractivity contribution < 1.29 is 0 Å². The number of nitrogens with zero attached hydrogens (tertiary/aromatic N) is 1. The van der Waals surface area contributed by atoms with E-state index < -0.39 is 0 Å². The fourth-order valence-electron chi connectivity index (χ4n) is 0.438. The fraction of sp³-hybridized carbons (Fsp3) is 0.571. The molecule has 0 aromatic rings. The van der Waals surface area contributed by atoms with E-state index in [-0.39, 0.29) is 0 Å². The average Bonchev–Trinajstić information content (AvgIpc) is 1.99. The van der Waals surface area contributed by atoms with Crippen molar-refractivity contribution in [2.75, 3.05) is 4.43 Å². The Morgan fingerprint density at radius 2 is 2.09 bits per heavy atom. The molecule has 0 saturated heterocycles. The smallest absolute Gasteiger partial charge is 0.169 e. The summed E-state index contributed by atoms with van der Waals surface area (Å²) in [5.74, 6) is 0.634. The SMILES string of the molecule is C[B]C(CI)=NC(N)=C(C)C. The maximum Gasteiger partial charge on any atom is 0.169 e. The van der Waals surface area contributed by atoms with Crippen LogP contribution in [0.4, 0.5) is 0 Å². The Balaban J connectivity index is 4.39. The Morgan fingerprint density at radius 3 is 2.36 bits per heavy atom. The van der Waals surface area contributed by atoms with E-state index in [1.807, 2.05) is 28.0 Å². The molecule has 61 valence electrons. The number of halogens is 1. The van der Waals surface area contributed by atoms with E-state index in [2.05, 4.69) is 27.6 Å². The molecule has 0 aliphatic heterocycles. The largest absolute Gasteiger partial charge is 0.384 e. The van der Waals surface area contributed by atoms with Crippen LogP contribution in [0.3, 0.4) is 0 Å². The van der Waals surface area contributed by atoms with Crippen molar-refractivity contribution in [3.8, 4) is 0 Å². The van der Waals surface area contributed by atoms with Gasteiger partial charge in [-0.2, -0.15) is 0 Å². The first kappa shape index (κ1) is 11.0. The monoisotopic (exact) mass is 263 g/mol. The summed E-state index contributed by atoms with van der Waals surface area (Å²) in [7, 11) is 1.97. The van der Waals surface area contributed by atoms with E-state index in [0.717, 1.165) is 15.6 Å². The van der Waals surface area contributed by atoms with Crippen LogP contribution >= 0.6 is 22.6 Å². The van der Waals surface area contributed by atoms with Gasteiger partial charge in [-0.1, -0.05) is 29.4 Å². The van der Waals surface area contributed by atoms with E-state index >= 15 is 0 Å². The first-order chi connectivity index (χ1) is 5.11. The number of allylic oxidation sites excluding steroid dienone is 1. The zero-order valence-corrected chi connectivity index (χ0v) is 9.34. The molecule has 2 nitrogen and oxygen atoms in total. The zero-order valence-electron chi connectivity index (χ0n) is 7.19. The lowest BCUT2D eigenvalue weighted by atomic mass is 9.77. The lowest BCUT2D eigenvalue weighted by Gasteiger charge is -1.99. The second kappa shape index (κ2) is 5.63. The molecule has 0 spiro atoms. The summed E-state index contributed by atoms with van der Waals surface area (Å²) in [5.41, 5.74) is 7.73. The summed E-state index contributed by atoms with van der Waals surface area (Å²) in [6.07, 6.45) is 0. The number of hydrogen-bond donors (Lipinski definition) is 1. The van der Waals surface area contributed by atoms with Gasteiger partial charge >= 0.3 is 0 Å². The molecule has 0 rings (SSSR count). The lowest BCUT2D eigenvalue weighted by Crippen LogP contribution is -2.10. The van der Waals surface area contributed by atoms with E-state index in [1.54, 1.807) is 0 Å². The van der Waals surface area contributed by atoms with Gasteiger partial charge in [-0.05, 0) is 25.0 Å². The van der Waals surface area contributed by atoms with Crippen molar-refractivity contribution >= 4 is 35.5 Å². The van der Waals surface area contributed by atoms with Gasteiger partial charge in [0.15, 0.2) is 7.28 Å². The number of aliphatic imine (C=N–C) groups is 1. The highest BCUT2D eigenvalue weighted by atomic mass is 127. The molecule has 0 unspecified atom stereocenters. The molecule has 0 aromatic heterocycles. The molecule has 1 radical (unpaired) electrons. The van der Waals surface area contributed by atoms with Crippen molar-refractivity contribution in [1.29, 1.82) is 0 Å². The molecule has 0 aliphatic rings. The minimum absolute atomic E-state index is 0.634. The summed E-state index contributed by atoms with van der Waals surface area (Å²) in [4.78, 5) is 4.22. The van der Waals surface area contributed by atoms with Crippen LogP contribution in [0.1, 0.15) is 13.8 Å².